The van der Waals surface area contributed by atoms with Crippen molar-refractivity contribution in [2.24, 2.45) is 0 Å². The van der Waals surface area contributed by atoms with E-state index < -0.39 is 0 Å². The standard InChI is InChI=1S/C36H60O2/c1-3-5-7-9-11-13-15-17-19-21-23-25-27-29-31-33-35-38-36(37)34-32-30-28-26-24-22-20-18-16-14-12-10-8-6-4-2/h5-8,11-14,17-20H,3-4,9-10,15-16,21-35H2,1-2H3/b7-5-,8-6-,13-11-,14-12-,19-17-,20-18-. The molecule has 0 atom stereocenters. The molecule has 0 aliphatic carbocycles. The zero-order valence-electron chi connectivity index (χ0n) is 25.1. The molecule has 0 saturated carbocycles. The Balaban J connectivity index is 3.33. The summed E-state index contributed by atoms with van der Waals surface area (Å²) < 4.78 is 5.40. The summed E-state index contributed by atoms with van der Waals surface area (Å²) in [6.07, 6.45) is 49.5. The largest absolute Gasteiger partial charge is 0.466 e. The Labute approximate surface area is 237 Å². The molecule has 0 aromatic heterocycles. The maximum absolute atomic E-state index is 11.9. The van der Waals surface area contributed by atoms with Crippen LogP contribution in [0.2, 0.25) is 0 Å². The van der Waals surface area contributed by atoms with Crippen LogP contribution in [0, 0.1) is 0 Å². The van der Waals surface area contributed by atoms with Gasteiger partial charge in [-0.2, -0.15) is 0 Å². The third-order valence-electron chi connectivity index (χ3n) is 6.34. The Bertz CT molecular complexity index is 663. The topological polar surface area (TPSA) is 26.3 Å². The van der Waals surface area contributed by atoms with Gasteiger partial charge in [-0.15, -0.1) is 0 Å². The van der Waals surface area contributed by atoms with Crippen LogP contribution >= 0.6 is 0 Å². The molecule has 2 nitrogen and oxygen atoms in total. The van der Waals surface area contributed by atoms with Crippen molar-refractivity contribution in [1.29, 1.82) is 0 Å². The normalized spacial score (nSPS) is 12.6. The van der Waals surface area contributed by atoms with E-state index in [1.165, 1.54) is 57.8 Å². The van der Waals surface area contributed by atoms with Crippen LogP contribution in [0.25, 0.3) is 0 Å². The molecule has 0 aliphatic heterocycles. The quantitative estimate of drug-likeness (QED) is 0.0606. The lowest BCUT2D eigenvalue weighted by atomic mass is 10.1. The van der Waals surface area contributed by atoms with E-state index in [9.17, 15) is 4.79 Å². The van der Waals surface area contributed by atoms with E-state index in [2.05, 4.69) is 86.8 Å². The van der Waals surface area contributed by atoms with E-state index in [1.54, 1.807) is 0 Å². The Hall–Kier alpha value is -2.09. The Kier molecular flexibility index (Phi) is 31.1. The average Bonchev–Trinajstić information content (AvgIpc) is 2.92. The monoisotopic (exact) mass is 524 g/mol. The van der Waals surface area contributed by atoms with Crippen LogP contribution in [0.5, 0.6) is 0 Å². The maximum atomic E-state index is 11.9. The number of rotatable bonds is 27. The van der Waals surface area contributed by atoms with E-state index in [0.29, 0.717) is 13.0 Å². The van der Waals surface area contributed by atoms with Crippen molar-refractivity contribution in [3.63, 3.8) is 0 Å². The molecule has 0 N–H and O–H groups in total. The van der Waals surface area contributed by atoms with E-state index in [1.807, 2.05) is 0 Å². The first-order chi connectivity index (χ1) is 18.8. The molecule has 0 bridgehead atoms. The van der Waals surface area contributed by atoms with Gasteiger partial charge in [0.05, 0.1) is 6.61 Å². The van der Waals surface area contributed by atoms with E-state index in [0.717, 1.165) is 64.2 Å². The van der Waals surface area contributed by atoms with Crippen molar-refractivity contribution >= 4 is 5.97 Å². The third kappa shape index (κ3) is 31.9. The molecule has 0 spiro atoms. The molecule has 0 fully saturated rings. The number of carbonyl (C=O) groups is 1. The van der Waals surface area contributed by atoms with Crippen molar-refractivity contribution in [2.75, 3.05) is 6.61 Å². The van der Waals surface area contributed by atoms with Gasteiger partial charge in [-0.1, -0.05) is 132 Å². The first kappa shape index (κ1) is 35.9. The molecular weight excluding hydrogens is 464 g/mol. The summed E-state index contributed by atoms with van der Waals surface area (Å²) in [5.74, 6) is -0.00905. The summed E-state index contributed by atoms with van der Waals surface area (Å²) in [4.78, 5) is 11.9. The third-order valence-corrected chi connectivity index (χ3v) is 6.34. The number of hydrogen-bond acceptors (Lipinski definition) is 2. The number of unbranched alkanes of at least 4 members (excludes halogenated alkanes) is 11. The molecule has 0 radical (unpaired) electrons. The number of hydrogen-bond donors (Lipinski definition) is 0. The smallest absolute Gasteiger partial charge is 0.305 e. The summed E-state index contributed by atoms with van der Waals surface area (Å²) in [5.41, 5.74) is 0. The molecular formula is C36H60O2. The molecule has 0 saturated heterocycles. The van der Waals surface area contributed by atoms with Gasteiger partial charge in [0.25, 0.3) is 0 Å². The summed E-state index contributed by atoms with van der Waals surface area (Å²) >= 11 is 0. The van der Waals surface area contributed by atoms with Crippen LogP contribution in [0.4, 0.5) is 0 Å². The molecule has 0 amide bonds. The van der Waals surface area contributed by atoms with Gasteiger partial charge in [0.15, 0.2) is 0 Å². The number of carbonyl (C=O) groups excluding carboxylic acids is 1. The highest BCUT2D eigenvalue weighted by atomic mass is 16.5. The molecule has 216 valence electrons. The minimum atomic E-state index is -0.00905. The first-order valence-corrected chi connectivity index (χ1v) is 15.9. The fourth-order valence-corrected chi connectivity index (χ4v) is 4.04. The van der Waals surface area contributed by atoms with Gasteiger partial charge < -0.3 is 4.74 Å². The molecule has 0 aliphatic rings. The van der Waals surface area contributed by atoms with Gasteiger partial charge >= 0.3 is 5.97 Å². The van der Waals surface area contributed by atoms with Crippen molar-refractivity contribution < 1.29 is 9.53 Å². The molecule has 0 heterocycles. The molecule has 0 rings (SSSR count). The van der Waals surface area contributed by atoms with Crippen LogP contribution in [0.15, 0.2) is 72.9 Å². The van der Waals surface area contributed by atoms with Gasteiger partial charge in [-0.3, -0.25) is 4.79 Å². The van der Waals surface area contributed by atoms with Crippen molar-refractivity contribution in [2.45, 2.75) is 142 Å². The number of ether oxygens (including phenoxy) is 1. The summed E-state index contributed by atoms with van der Waals surface area (Å²) in [6, 6.07) is 0. The first-order valence-electron chi connectivity index (χ1n) is 15.9. The predicted molar refractivity (Wildman–Crippen MR) is 169 cm³/mol. The van der Waals surface area contributed by atoms with Crippen LogP contribution in [0.3, 0.4) is 0 Å². The molecule has 2 heteroatoms. The lowest BCUT2D eigenvalue weighted by Gasteiger charge is -2.05. The minimum absolute atomic E-state index is 0.00905. The SMILES string of the molecule is CC/C=C\C/C=C\C/C=C\CCCCCCCCOC(=O)CCCCCCC/C=C\C/C=C\C/C=C\CC. The number of esters is 1. The molecule has 0 aromatic rings. The lowest BCUT2D eigenvalue weighted by molar-refractivity contribution is -0.143. The zero-order valence-corrected chi connectivity index (χ0v) is 25.1. The van der Waals surface area contributed by atoms with E-state index in [4.69, 9.17) is 4.74 Å². The summed E-state index contributed by atoms with van der Waals surface area (Å²) in [7, 11) is 0. The van der Waals surface area contributed by atoms with Crippen LogP contribution < -0.4 is 0 Å². The number of allylic oxidation sites excluding steroid dienone is 12. The highest BCUT2D eigenvalue weighted by Gasteiger charge is 2.02. The fraction of sp³-hybridized carbons (Fsp3) is 0.639. The average molecular weight is 525 g/mol. The second kappa shape index (κ2) is 32.9. The summed E-state index contributed by atoms with van der Waals surface area (Å²) in [6.45, 7) is 4.93. The summed E-state index contributed by atoms with van der Waals surface area (Å²) in [5, 5.41) is 0. The Morgan fingerprint density at radius 2 is 0.816 bits per heavy atom. The Morgan fingerprint density at radius 3 is 1.29 bits per heavy atom. The highest BCUT2D eigenvalue weighted by molar-refractivity contribution is 5.69. The van der Waals surface area contributed by atoms with E-state index in [-0.39, 0.29) is 5.97 Å². The van der Waals surface area contributed by atoms with Gasteiger partial charge in [0, 0.05) is 6.42 Å². The van der Waals surface area contributed by atoms with Crippen molar-refractivity contribution in [3.05, 3.63) is 72.9 Å². The second-order valence-corrected chi connectivity index (χ2v) is 10.0. The zero-order chi connectivity index (χ0) is 27.6. The van der Waals surface area contributed by atoms with Crippen molar-refractivity contribution in [3.8, 4) is 0 Å². The van der Waals surface area contributed by atoms with Gasteiger partial charge in [0.2, 0.25) is 0 Å². The molecule has 0 unspecified atom stereocenters. The second-order valence-electron chi connectivity index (χ2n) is 10.0. The van der Waals surface area contributed by atoms with Gasteiger partial charge in [-0.05, 0) is 77.0 Å². The minimum Gasteiger partial charge on any atom is -0.466 e. The van der Waals surface area contributed by atoms with Crippen molar-refractivity contribution in [1.82, 2.24) is 0 Å². The van der Waals surface area contributed by atoms with Gasteiger partial charge in [0.1, 0.15) is 0 Å². The maximum Gasteiger partial charge on any atom is 0.305 e. The van der Waals surface area contributed by atoms with Crippen LogP contribution in [-0.4, -0.2) is 12.6 Å². The van der Waals surface area contributed by atoms with Crippen LogP contribution in [-0.2, 0) is 9.53 Å². The molecule has 38 heavy (non-hydrogen) atoms. The Morgan fingerprint density at radius 1 is 0.447 bits per heavy atom. The molecule has 0 aromatic carbocycles. The van der Waals surface area contributed by atoms with Gasteiger partial charge in [-0.25, -0.2) is 0 Å². The predicted octanol–water partition coefficient (Wildman–Crippen LogP) is 11.7. The van der Waals surface area contributed by atoms with Crippen LogP contribution in [0.1, 0.15) is 142 Å². The van der Waals surface area contributed by atoms with E-state index >= 15 is 0 Å². The highest BCUT2D eigenvalue weighted by Crippen LogP contribution is 2.10. The lowest BCUT2D eigenvalue weighted by Crippen LogP contribution is -2.05. The fourth-order valence-electron chi connectivity index (χ4n) is 4.04.